The van der Waals surface area contributed by atoms with Crippen LogP contribution in [0.5, 0.6) is 0 Å². The topological polar surface area (TPSA) is 67.9 Å². The fourth-order valence-electron chi connectivity index (χ4n) is 10.2. The molecule has 11 aromatic rings. The number of anilines is 3. The number of fused-ring (bicyclic) bond motifs is 11. The molecule has 13 rings (SSSR count). The van der Waals surface area contributed by atoms with Gasteiger partial charge in [0.15, 0.2) is 0 Å². The Labute approximate surface area is 375 Å². The highest BCUT2D eigenvalue weighted by atomic mass is 16.4. The summed E-state index contributed by atoms with van der Waals surface area (Å²) in [6, 6.07) is 79.1. The van der Waals surface area contributed by atoms with Gasteiger partial charge in [0.2, 0.25) is 11.8 Å². The number of rotatable bonds is 7. The van der Waals surface area contributed by atoms with Crippen LogP contribution in [-0.4, -0.2) is 20.2 Å². The normalized spacial score (nSPS) is 12.7. The van der Waals surface area contributed by atoms with Gasteiger partial charge in [-0.25, -0.2) is 9.97 Å². The molecule has 0 bridgehead atoms. The quantitative estimate of drug-likeness (QED) is 0.159. The summed E-state index contributed by atoms with van der Waals surface area (Å²) in [6.45, 7) is 0. The Morgan fingerprint density at radius 1 is 0.323 bits per heavy atom. The molecule has 65 heavy (non-hydrogen) atoms. The minimum atomic E-state index is -0.610. The summed E-state index contributed by atoms with van der Waals surface area (Å²) >= 11 is 0. The van der Waals surface area contributed by atoms with E-state index in [0.717, 1.165) is 61.7 Å². The van der Waals surface area contributed by atoms with E-state index in [9.17, 15) is 0 Å². The largest absolute Gasteiger partial charge is 0.416 e. The lowest BCUT2D eigenvalue weighted by Crippen LogP contribution is -2.26. The molecular weight excluding hydrogens is 795 g/mol. The maximum absolute atomic E-state index is 6.38. The third-order valence-corrected chi connectivity index (χ3v) is 13.1. The number of para-hydroxylation sites is 3. The van der Waals surface area contributed by atoms with Crippen LogP contribution < -0.4 is 4.90 Å². The Morgan fingerprint density at radius 2 is 0.754 bits per heavy atom. The molecule has 0 amide bonds. The molecular formula is C59H37N5O. The molecule has 0 saturated heterocycles. The van der Waals surface area contributed by atoms with Crippen molar-refractivity contribution in [2.75, 3.05) is 4.90 Å². The zero-order valence-corrected chi connectivity index (χ0v) is 35.0. The van der Waals surface area contributed by atoms with E-state index in [4.69, 9.17) is 14.4 Å². The Bertz CT molecular complexity index is 3560. The lowest BCUT2D eigenvalue weighted by Gasteiger charge is -2.32. The van der Waals surface area contributed by atoms with Crippen molar-refractivity contribution in [3.63, 3.8) is 0 Å². The van der Waals surface area contributed by atoms with Gasteiger partial charge in [-0.3, -0.25) is 0 Å². The van der Waals surface area contributed by atoms with Crippen molar-refractivity contribution < 1.29 is 4.42 Å². The fourth-order valence-corrected chi connectivity index (χ4v) is 10.2. The lowest BCUT2D eigenvalue weighted by molar-refractivity contribution is 0.584. The summed E-state index contributed by atoms with van der Waals surface area (Å²) in [6.07, 6.45) is 0. The minimum absolute atomic E-state index is 0.488. The second kappa shape index (κ2) is 14.7. The zero-order chi connectivity index (χ0) is 42.9. The van der Waals surface area contributed by atoms with Gasteiger partial charge in [-0.2, -0.15) is 0 Å². The average Bonchev–Trinajstić information content (AvgIpc) is 4.08. The molecule has 1 spiro atoms. The van der Waals surface area contributed by atoms with E-state index in [1.165, 1.54) is 44.5 Å². The van der Waals surface area contributed by atoms with Crippen LogP contribution in [0.25, 0.3) is 78.7 Å². The molecule has 0 aliphatic heterocycles. The van der Waals surface area contributed by atoms with E-state index in [1.54, 1.807) is 0 Å². The van der Waals surface area contributed by atoms with Crippen molar-refractivity contribution in [3.8, 4) is 67.7 Å². The van der Waals surface area contributed by atoms with Crippen molar-refractivity contribution in [2.24, 2.45) is 0 Å². The van der Waals surface area contributed by atoms with Crippen LogP contribution in [0.2, 0.25) is 0 Å². The first-order valence-corrected chi connectivity index (χ1v) is 21.9. The molecule has 0 saturated carbocycles. The second-order valence-electron chi connectivity index (χ2n) is 16.6. The highest BCUT2D eigenvalue weighted by Crippen LogP contribution is 2.63. The van der Waals surface area contributed by atoms with Crippen molar-refractivity contribution >= 4 is 28.1 Å². The van der Waals surface area contributed by atoms with Crippen molar-refractivity contribution in [3.05, 3.63) is 247 Å². The van der Waals surface area contributed by atoms with Gasteiger partial charge in [0.25, 0.3) is 0 Å². The Hall–Kier alpha value is -8.74. The molecule has 9 aromatic carbocycles. The predicted molar refractivity (Wildman–Crippen MR) is 260 cm³/mol. The highest BCUT2D eigenvalue weighted by Gasteiger charge is 2.52. The van der Waals surface area contributed by atoms with Crippen molar-refractivity contribution in [1.29, 1.82) is 0 Å². The van der Waals surface area contributed by atoms with E-state index in [-0.39, 0.29) is 0 Å². The maximum Gasteiger partial charge on any atom is 0.248 e. The molecule has 6 nitrogen and oxygen atoms in total. The second-order valence-corrected chi connectivity index (χ2v) is 16.6. The third-order valence-electron chi connectivity index (χ3n) is 13.1. The van der Waals surface area contributed by atoms with Gasteiger partial charge in [0.05, 0.1) is 27.8 Å². The summed E-state index contributed by atoms with van der Waals surface area (Å²) in [5, 5.41) is 9.04. The first-order chi connectivity index (χ1) is 32.2. The zero-order valence-electron chi connectivity index (χ0n) is 35.0. The number of hydrogen-bond acceptors (Lipinski definition) is 6. The third kappa shape index (κ3) is 5.74. The molecule has 0 unspecified atom stereocenters. The van der Waals surface area contributed by atoms with E-state index in [0.29, 0.717) is 11.8 Å². The maximum atomic E-state index is 6.38. The number of hydrogen-bond donors (Lipinski definition) is 0. The number of nitrogens with zero attached hydrogens (tertiary/aromatic N) is 5. The van der Waals surface area contributed by atoms with Crippen LogP contribution in [0.4, 0.5) is 17.1 Å². The lowest BCUT2D eigenvalue weighted by atomic mass is 9.70. The fraction of sp³-hybridized carbons (Fsp3) is 0.0169. The van der Waals surface area contributed by atoms with Gasteiger partial charge in [0.1, 0.15) is 0 Å². The van der Waals surface area contributed by atoms with Gasteiger partial charge in [0, 0.05) is 39.3 Å². The van der Waals surface area contributed by atoms with Crippen LogP contribution in [-0.2, 0) is 5.41 Å². The van der Waals surface area contributed by atoms with Gasteiger partial charge in [-0.1, -0.05) is 152 Å². The van der Waals surface area contributed by atoms with Crippen LogP contribution in [0.15, 0.2) is 229 Å². The molecule has 2 aromatic heterocycles. The Kier molecular flexibility index (Phi) is 8.33. The average molecular weight is 832 g/mol. The molecule has 2 heterocycles. The smallest absolute Gasteiger partial charge is 0.248 e. The molecule has 2 aliphatic carbocycles. The van der Waals surface area contributed by atoms with Crippen molar-refractivity contribution in [1.82, 2.24) is 20.2 Å². The monoisotopic (exact) mass is 831 g/mol. The summed E-state index contributed by atoms with van der Waals surface area (Å²) in [5.41, 5.74) is 19.6. The van der Waals surface area contributed by atoms with E-state index < -0.39 is 5.41 Å². The van der Waals surface area contributed by atoms with E-state index in [1.807, 2.05) is 72.8 Å². The predicted octanol–water partition coefficient (Wildman–Crippen LogP) is 14.5. The summed E-state index contributed by atoms with van der Waals surface area (Å²) in [4.78, 5) is 12.7. The highest BCUT2D eigenvalue weighted by molar-refractivity contribution is 5.97. The number of benzene rings is 9. The van der Waals surface area contributed by atoms with Gasteiger partial charge < -0.3 is 9.32 Å². The Balaban J connectivity index is 0.981. The van der Waals surface area contributed by atoms with Crippen LogP contribution in [0.3, 0.4) is 0 Å². The first kappa shape index (κ1) is 36.9. The van der Waals surface area contributed by atoms with Crippen LogP contribution in [0.1, 0.15) is 22.3 Å². The molecule has 0 atom stereocenters. The van der Waals surface area contributed by atoms with Crippen LogP contribution in [0, 0.1) is 0 Å². The van der Waals surface area contributed by atoms with Crippen LogP contribution >= 0.6 is 0 Å². The van der Waals surface area contributed by atoms with E-state index >= 15 is 0 Å². The van der Waals surface area contributed by atoms with Crippen molar-refractivity contribution in [2.45, 2.75) is 5.41 Å². The molecule has 0 N–H and O–H groups in total. The number of aromatic nitrogens is 4. The summed E-state index contributed by atoms with van der Waals surface area (Å²) < 4.78 is 6.38. The van der Waals surface area contributed by atoms with E-state index in [2.05, 4.69) is 167 Å². The first-order valence-electron chi connectivity index (χ1n) is 21.9. The SMILES string of the molecule is c1ccc(-c2nnc(-c3ccc4c(c3)C3(c5ccccc5-c5ccccc53)c3cc(N(c5ccccc5)c5ccc(-c6nc7ccccc7nc6-c6ccccc6)cc5)ccc3-4)o2)cc1. The molecule has 0 radical (unpaired) electrons. The van der Waals surface area contributed by atoms with Gasteiger partial charge in [-0.05, 0) is 117 Å². The Morgan fingerprint density at radius 3 is 1.38 bits per heavy atom. The molecule has 2 aliphatic rings. The summed E-state index contributed by atoms with van der Waals surface area (Å²) in [7, 11) is 0. The molecule has 6 heteroatoms. The molecule has 304 valence electrons. The molecule has 0 fully saturated rings. The summed E-state index contributed by atoms with van der Waals surface area (Å²) in [5.74, 6) is 0.985. The van der Waals surface area contributed by atoms with Gasteiger partial charge in [-0.15, -0.1) is 10.2 Å². The minimum Gasteiger partial charge on any atom is -0.416 e. The standard InChI is InChI=1S/C59H37N5O/c1-4-16-38(17-5-1)55-56(61-54-27-15-14-26-53(54)60-55)39-28-31-43(32-29-39)64(42-20-8-3-9-21-42)44-33-35-48-47-34-30-41(58-63-62-57(65-58)40-18-6-2-7-19-40)36-51(47)59(52(48)37-44)49-24-12-10-22-45(49)46-23-11-13-25-50(46)59/h1-37H. The van der Waals surface area contributed by atoms with Gasteiger partial charge >= 0.3 is 0 Å².